The van der Waals surface area contributed by atoms with Gasteiger partial charge < -0.3 is 15.1 Å². The maximum absolute atomic E-state index is 12.9. The number of nitrogens with one attached hydrogen (secondary N) is 1. The third kappa shape index (κ3) is 4.86. The summed E-state index contributed by atoms with van der Waals surface area (Å²) in [4.78, 5) is 26.2. The van der Waals surface area contributed by atoms with Gasteiger partial charge in [0.1, 0.15) is 17.3 Å². The topological polar surface area (TPSA) is 61.4 Å². The molecule has 6 heteroatoms. The van der Waals surface area contributed by atoms with E-state index < -0.39 is 0 Å². The number of nitrogens with zero attached hydrogens (tertiary/aromatic N) is 4. The monoisotopic (exact) mass is 393 g/mol. The lowest BCUT2D eigenvalue weighted by Gasteiger charge is -2.30. The minimum Gasteiger partial charge on any atom is -0.372 e. The maximum Gasteiger partial charge on any atom is 0.272 e. The molecule has 6 nitrogen and oxygen atoms in total. The first-order valence-electron chi connectivity index (χ1n) is 10.9. The van der Waals surface area contributed by atoms with Crippen LogP contribution in [0.1, 0.15) is 55.3 Å². The van der Waals surface area contributed by atoms with Crippen LogP contribution in [0.4, 0.5) is 17.2 Å². The van der Waals surface area contributed by atoms with Crippen LogP contribution in [0, 0.1) is 12.8 Å². The van der Waals surface area contributed by atoms with E-state index in [1.807, 2.05) is 11.8 Å². The number of anilines is 3. The molecule has 3 heterocycles. The van der Waals surface area contributed by atoms with Gasteiger partial charge in [-0.3, -0.25) is 4.79 Å². The molecule has 2 fully saturated rings. The number of amides is 1. The van der Waals surface area contributed by atoms with Crippen molar-refractivity contribution < 1.29 is 4.79 Å². The minimum atomic E-state index is 0.00514. The summed E-state index contributed by atoms with van der Waals surface area (Å²) in [7, 11) is 0. The van der Waals surface area contributed by atoms with Crippen LogP contribution in [0.2, 0.25) is 0 Å². The van der Waals surface area contributed by atoms with Crippen LogP contribution in [0.5, 0.6) is 0 Å². The van der Waals surface area contributed by atoms with Crippen LogP contribution in [0.15, 0.2) is 30.3 Å². The van der Waals surface area contributed by atoms with Crippen molar-refractivity contribution >= 4 is 23.1 Å². The zero-order valence-electron chi connectivity index (χ0n) is 17.5. The van der Waals surface area contributed by atoms with Gasteiger partial charge in [0.05, 0.1) is 0 Å². The summed E-state index contributed by atoms with van der Waals surface area (Å²) >= 11 is 0. The van der Waals surface area contributed by atoms with Crippen molar-refractivity contribution in [3.8, 4) is 0 Å². The Balaban J connectivity index is 1.46. The quantitative estimate of drug-likeness (QED) is 0.835. The normalized spacial score (nSPS) is 19.9. The van der Waals surface area contributed by atoms with E-state index in [0.717, 1.165) is 38.3 Å². The molecule has 2 aliphatic heterocycles. The lowest BCUT2D eigenvalue weighted by Crippen LogP contribution is -2.39. The fourth-order valence-electron chi connectivity index (χ4n) is 4.33. The highest BCUT2D eigenvalue weighted by Gasteiger charge is 2.23. The Morgan fingerprint density at radius 2 is 1.79 bits per heavy atom. The smallest absolute Gasteiger partial charge is 0.272 e. The van der Waals surface area contributed by atoms with E-state index in [1.54, 1.807) is 6.07 Å². The second kappa shape index (κ2) is 8.80. The highest BCUT2D eigenvalue weighted by molar-refractivity contribution is 5.93. The summed E-state index contributed by atoms with van der Waals surface area (Å²) in [6.07, 6.45) is 6.12. The molecule has 154 valence electrons. The minimum absolute atomic E-state index is 0.00514. The molecule has 0 saturated carbocycles. The molecule has 29 heavy (non-hydrogen) atoms. The van der Waals surface area contributed by atoms with Crippen molar-refractivity contribution in [3.05, 3.63) is 41.9 Å². The number of piperidine rings is 2. The van der Waals surface area contributed by atoms with Crippen LogP contribution in [0.25, 0.3) is 0 Å². The molecule has 1 aromatic carbocycles. The number of rotatable bonds is 4. The number of benzene rings is 1. The molecule has 2 saturated heterocycles. The molecule has 1 unspecified atom stereocenters. The second-order valence-corrected chi connectivity index (χ2v) is 8.40. The van der Waals surface area contributed by atoms with E-state index in [9.17, 15) is 4.79 Å². The fraction of sp³-hybridized carbons (Fsp3) is 0.522. The average molecular weight is 394 g/mol. The van der Waals surface area contributed by atoms with Gasteiger partial charge in [-0.25, -0.2) is 9.97 Å². The van der Waals surface area contributed by atoms with Crippen LogP contribution < -0.4 is 10.2 Å². The standard InChI is InChI=1S/C23H31N5O/c1-17-7-6-14-28(16-17)23(29)21-15-22(25-18(2)24-21)26-19-8-10-20(11-9-19)27-12-4-3-5-13-27/h8-11,15,17H,3-7,12-14,16H2,1-2H3,(H,24,25,26). The summed E-state index contributed by atoms with van der Waals surface area (Å²) in [6, 6.07) is 10.2. The van der Waals surface area contributed by atoms with Crippen LogP contribution in [-0.2, 0) is 0 Å². The van der Waals surface area contributed by atoms with Crippen LogP contribution in [-0.4, -0.2) is 47.0 Å². The fourth-order valence-corrected chi connectivity index (χ4v) is 4.33. The van der Waals surface area contributed by atoms with E-state index in [2.05, 4.69) is 51.4 Å². The Hall–Kier alpha value is -2.63. The van der Waals surface area contributed by atoms with Gasteiger partial charge in [-0.2, -0.15) is 0 Å². The first kappa shape index (κ1) is 19.7. The number of hydrogen-bond donors (Lipinski definition) is 1. The zero-order valence-corrected chi connectivity index (χ0v) is 17.5. The molecule has 1 aromatic heterocycles. The number of hydrogen-bond acceptors (Lipinski definition) is 5. The van der Waals surface area contributed by atoms with Crippen LogP contribution in [0.3, 0.4) is 0 Å². The summed E-state index contributed by atoms with van der Waals surface area (Å²) in [5.41, 5.74) is 2.71. The third-order valence-electron chi connectivity index (χ3n) is 5.86. The highest BCUT2D eigenvalue weighted by atomic mass is 16.2. The van der Waals surface area contributed by atoms with Gasteiger partial charge in [-0.05, 0) is 69.2 Å². The Bertz CT molecular complexity index is 845. The van der Waals surface area contributed by atoms with Crippen molar-refractivity contribution in [1.82, 2.24) is 14.9 Å². The van der Waals surface area contributed by atoms with Crippen molar-refractivity contribution in [1.29, 1.82) is 0 Å². The van der Waals surface area contributed by atoms with E-state index in [0.29, 0.717) is 23.3 Å². The average Bonchev–Trinajstić information content (AvgIpc) is 2.74. The van der Waals surface area contributed by atoms with Crippen molar-refractivity contribution in [3.63, 3.8) is 0 Å². The lowest BCUT2D eigenvalue weighted by molar-refractivity contribution is 0.0676. The highest BCUT2D eigenvalue weighted by Crippen LogP contribution is 2.24. The molecule has 4 rings (SSSR count). The molecular weight excluding hydrogens is 362 g/mol. The van der Waals surface area contributed by atoms with Gasteiger partial charge in [-0.15, -0.1) is 0 Å². The molecule has 1 N–H and O–H groups in total. The number of aryl methyl sites for hydroxylation is 1. The van der Waals surface area contributed by atoms with E-state index in [1.165, 1.54) is 31.4 Å². The van der Waals surface area contributed by atoms with E-state index in [4.69, 9.17) is 0 Å². The Labute approximate surface area is 173 Å². The van der Waals surface area contributed by atoms with Gasteiger partial charge in [-0.1, -0.05) is 6.92 Å². The summed E-state index contributed by atoms with van der Waals surface area (Å²) in [5.74, 6) is 1.82. The van der Waals surface area contributed by atoms with Gasteiger partial charge in [0.25, 0.3) is 5.91 Å². The lowest BCUT2D eigenvalue weighted by atomic mass is 10.00. The van der Waals surface area contributed by atoms with Crippen molar-refractivity contribution in [2.45, 2.75) is 46.0 Å². The first-order valence-corrected chi connectivity index (χ1v) is 10.9. The van der Waals surface area contributed by atoms with Crippen molar-refractivity contribution in [2.24, 2.45) is 5.92 Å². The largest absolute Gasteiger partial charge is 0.372 e. The Morgan fingerprint density at radius 3 is 2.52 bits per heavy atom. The number of carbonyl (C=O) groups excluding carboxylic acids is 1. The van der Waals surface area contributed by atoms with E-state index in [-0.39, 0.29) is 5.91 Å². The van der Waals surface area contributed by atoms with Gasteiger partial charge >= 0.3 is 0 Å². The van der Waals surface area contributed by atoms with Gasteiger partial charge in [0.15, 0.2) is 0 Å². The second-order valence-electron chi connectivity index (χ2n) is 8.40. The molecule has 2 aliphatic rings. The predicted octanol–water partition coefficient (Wildman–Crippen LogP) is 4.39. The van der Waals surface area contributed by atoms with Crippen LogP contribution >= 0.6 is 0 Å². The predicted molar refractivity (Wildman–Crippen MR) is 117 cm³/mol. The summed E-state index contributed by atoms with van der Waals surface area (Å²) < 4.78 is 0. The molecule has 0 bridgehead atoms. The Morgan fingerprint density at radius 1 is 1.03 bits per heavy atom. The molecule has 1 amide bonds. The summed E-state index contributed by atoms with van der Waals surface area (Å²) in [6.45, 7) is 7.93. The zero-order chi connectivity index (χ0) is 20.2. The first-order chi connectivity index (χ1) is 14.1. The maximum atomic E-state index is 12.9. The van der Waals surface area contributed by atoms with E-state index >= 15 is 0 Å². The molecule has 0 radical (unpaired) electrons. The number of aromatic nitrogens is 2. The van der Waals surface area contributed by atoms with Gasteiger partial charge in [0.2, 0.25) is 0 Å². The molecule has 0 spiro atoms. The summed E-state index contributed by atoms with van der Waals surface area (Å²) in [5, 5.41) is 3.34. The SMILES string of the molecule is Cc1nc(Nc2ccc(N3CCCCC3)cc2)cc(C(=O)N2CCCC(C)C2)n1. The number of carbonyl (C=O) groups is 1. The molecular formula is C23H31N5O. The van der Waals surface area contributed by atoms with Crippen molar-refractivity contribution in [2.75, 3.05) is 36.4 Å². The molecule has 1 atom stereocenters. The third-order valence-corrected chi connectivity index (χ3v) is 5.86. The molecule has 0 aliphatic carbocycles. The number of likely N-dealkylation sites (tertiary alicyclic amines) is 1. The van der Waals surface area contributed by atoms with Gasteiger partial charge in [0, 0.05) is 43.6 Å². The molecule has 2 aromatic rings. The Kier molecular flexibility index (Phi) is 5.97.